The van der Waals surface area contributed by atoms with Crippen LogP contribution < -0.4 is 10.2 Å². The van der Waals surface area contributed by atoms with Gasteiger partial charge in [0.15, 0.2) is 0 Å². The lowest BCUT2D eigenvalue weighted by molar-refractivity contribution is -0.141. The maximum Gasteiger partial charge on any atom is 0.326 e. The second-order valence-corrected chi connectivity index (χ2v) is 8.07. The van der Waals surface area contributed by atoms with E-state index in [-0.39, 0.29) is 25.0 Å². The molecule has 2 aromatic heterocycles. The Morgan fingerprint density at radius 3 is 2.40 bits per heavy atom. The van der Waals surface area contributed by atoms with Crippen molar-refractivity contribution in [3.63, 3.8) is 0 Å². The number of nitrogens with one attached hydrogen (secondary N) is 1. The van der Waals surface area contributed by atoms with Crippen LogP contribution in [0.4, 0.5) is 5.69 Å². The normalized spacial score (nSPS) is 10.7. The van der Waals surface area contributed by atoms with E-state index in [1.54, 1.807) is 79.4 Å². The highest BCUT2D eigenvalue weighted by Gasteiger charge is 2.22. The fourth-order valence-corrected chi connectivity index (χ4v) is 3.80. The number of hydrogen-bond donors (Lipinski definition) is 1. The van der Waals surface area contributed by atoms with Gasteiger partial charge in [0.1, 0.15) is 6.54 Å². The number of esters is 1. The molecule has 0 aliphatic rings. The third-order valence-corrected chi connectivity index (χ3v) is 5.68. The Bertz CT molecular complexity index is 1380. The molecule has 0 spiro atoms. The van der Waals surface area contributed by atoms with Crippen LogP contribution in [0.25, 0.3) is 16.6 Å². The minimum absolute atomic E-state index is 0.173. The van der Waals surface area contributed by atoms with E-state index < -0.39 is 5.97 Å². The Labute approximate surface area is 207 Å². The molecule has 0 fully saturated rings. The van der Waals surface area contributed by atoms with Crippen LogP contribution >= 0.6 is 11.6 Å². The maximum atomic E-state index is 13.5. The highest BCUT2D eigenvalue weighted by Crippen LogP contribution is 2.27. The molecular weight excluding hydrogens is 468 g/mol. The van der Waals surface area contributed by atoms with Gasteiger partial charge in [0, 0.05) is 40.6 Å². The predicted octanol–water partition coefficient (Wildman–Crippen LogP) is 4.22. The molecule has 0 aliphatic heterocycles. The molecule has 4 aromatic rings. The summed E-state index contributed by atoms with van der Waals surface area (Å²) in [6.07, 6.45) is 3.39. The van der Waals surface area contributed by atoms with Crippen LogP contribution in [0.15, 0.2) is 73.1 Å². The van der Waals surface area contributed by atoms with Gasteiger partial charge in [-0.2, -0.15) is 5.10 Å². The van der Waals surface area contributed by atoms with Crippen LogP contribution in [-0.2, 0) is 9.53 Å². The lowest BCUT2D eigenvalue weighted by Crippen LogP contribution is -2.36. The lowest BCUT2D eigenvalue weighted by atomic mass is 10.0. The Morgan fingerprint density at radius 2 is 1.74 bits per heavy atom. The van der Waals surface area contributed by atoms with Crippen LogP contribution in [0.2, 0.25) is 5.02 Å². The van der Waals surface area contributed by atoms with E-state index in [0.717, 1.165) is 11.1 Å². The van der Waals surface area contributed by atoms with Gasteiger partial charge in [0.2, 0.25) is 0 Å². The number of anilines is 1. The van der Waals surface area contributed by atoms with Crippen molar-refractivity contribution < 1.29 is 19.1 Å². The predicted molar refractivity (Wildman–Crippen MR) is 134 cm³/mol. The number of nitrogens with zero attached hydrogens (tertiary/aromatic N) is 3. The molecule has 0 saturated carbocycles. The number of carbonyl (C=O) groups is 3. The summed E-state index contributed by atoms with van der Waals surface area (Å²) >= 11 is 6.01. The van der Waals surface area contributed by atoms with E-state index in [9.17, 15) is 14.4 Å². The van der Waals surface area contributed by atoms with Gasteiger partial charge in [0.05, 0.1) is 18.3 Å². The molecule has 0 radical (unpaired) electrons. The SMILES string of the molecule is CCOC(=O)CN(C(=O)c1ccn2ncc(-c3ccc(C(=O)NC)cc3)c2c1)c1ccc(Cl)cc1. The number of fused-ring (bicyclic) bond motifs is 1. The summed E-state index contributed by atoms with van der Waals surface area (Å²) in [4.78, 5) is 39.0. The maximum absolute atomic E-state index is 13.5. The summed E-state index contributed by atoms with van der Waals surface area (Å²) in [6, 6.07) is 17.2. The van der Waals surface area contributed by atoms with Crippen molar-refractivity contribution in [1.82, 2.24) is 14.9 Å². The summed E-state index contributed by atoms with van der Waals surface area (Å²) in [5.74, 6) is -1.06. The van der Waals surface area contributed by atoms with E-state index in [1.807, 2.05) is 12.1 Å². The van der Waals surface area contributed by atoms with Crippen LogP contribution in [0.5, 0.6) is 0 Å². The Morgan fingerprint density at radius 1 is 1.03 bits per heavy atom. The zero-order valence-corrected chi connectivity index (χ0v) is 20.0. The number of amides is 2. The standard InChI is InChI=1S/C26H23ClN4O4/c1-3-35-24(32)16-30(21-10-8-20(27)9-11-21)26(34)19-12-13-31-23(14-19)22(15-29-31)17-4-6-18(7-5-17)25(33)28-2/h4-15H,3,16H2,1-2H3,(H,28,33). The molecule has 2 aromatic carbocycles. The van der Waals surface area contributed by atoms with Gasteiger partial charge >= 0.3 is 5.97 Å². The minimum atomic E-state index is -0.516. The number of aromatic nitrogens is 2. The van der Waals surface area contributed by atoms with Gasteiger partial charge in [-0.1, -0.05) is 23.7 Å². The fourth-order valence-electron chi connectivity index (χ4n) is 3.67. The highest BCUT2D eigenvalue weighted by atomic mass is 35.5. The van der Waals surface area contributed by atoms with Crippen molar-refractivity contribution in [2.75, 3.05) is 25.1 Å². The summed E-state index contributed by atoms with van der Waals surface area (Å²) in [7, 11) is 1.58. The molecule has 1 N–H and O–H groups in total. The first-order chi connectivity index (χ1) is 16.9. The van der Waals surface area contributed by atoms with Gasteiger partial charge in [0.25, 0.3) is 11.8 Å². The van der Waals surface area contributed by atoms with Gasteiger partial charge in [-0.05, 0) is 61.0 Å². The first-order valence-corrected chi connectivity index (χ1v) is 11.3. The summed E-state index contributed by atoms with van der Waals surface area (Å²) in [5.41, 5.74) is 3.79. The van der Waals surface area contributed by atoms with Crippen LogP contribution in [0.3, 0.4) is 0 Å². The van der Waals surface area contributed by atoms with Crippen molar-refractivity contribution in [3.8, 4) is 11.1 Å². The van der Waals surface area contributed by atoms with E-state index >= 15 is 0 Å². The molecule has 0 atom stereocenters. The van der Waals surface area contributed by atoms with Crippen LogP contribution in [0.1, 0.15) is 27.6 Å². The first kappa shape index (κ1) is 24.0. The van der Waals surface area contributed by atoms with E-state index in [1.165, 1.54) is 4.90 Å². The number of pyridine rings is 1. The minimum Gasteiger partial charge on any atom is -0.465 e. The van der Waals surface area contributed by atoms with Gasteiger partial charge in [-0.15, -0.1) is 0 Å². The second kappa shape index (κ2) is 10.4. The molecule has 0 unspecified atom stereocenters. The summed E-state index contributed by atoms with van der Waals surface area (Å²) in [6.45, 7) is 1.68. The lowest BCUT2D eigenvalue weighted by Gasteiger charge is -2.22. The number of rotatable bonds is 7. The molecule has 2 heterocycles. The number of halogens is 1. The molecule has 178 valence electrons. The van der Waals surface area contributed by atoms with Crippen molar-refractivity contribution in [2.24, 2.45) is 0 Å². The van der Waals surface area contributed by atoms with E-state index in [2.05, 4.69) is 10.4 Å². The number of ether oxygens (including phenoxy) is 1. The molecule has 35 heavy (non-hydrogen) atoms. The van der Waals surface area contributed by atoms with Crippen molar-refractivity contribution in [3.05, 3.63) is 89.2 Å². The molecule has 0 aliphatic carbocycles. The molecular formula is C26H23ClN4O4. The average Bonchev–Trinajstić information content (AvgIpc) is 3.30. The average molecular weight is 491 g/mol. The molecule has 9 heteroatoms. The summed E-state index contributed by atoms with van der Waals surface area (Å²) in [5, 5.41) is 7.49. The number of hydrogen-bond acceptors (Lipinski definition) is 5. The number of carbonyl (C=O) groups excluding carboxylic acids is 3. The Balaban J connectivity index is 1.70. The second-order valence-electron chi connectivity index (χ2n) is 7.63. The first-order valence-electron chi connectivity index (χ1n) is 10.9. The molecule has 0 saturated heterocycles. The molecule has 4 rings (SSSR count). The Kier molecular flexibility index (Phi) is 7.12. The molecule has 2 amide bonds. The quantitative estimate of drug-likeness (QED) is 0.391. The van der Waals surface area contributed by atoms with Crippen molar-refractivity contribution in [1.29, 1.82) is 0 Å². The molecule has 0 bridgehead atoms. The smallest absolute Gasteiger partial charge is 0.326 e. The van der Waals surface area contributed by atoms with E-state index in [0.29, 0.717) is 27.4 Å². The monoisotopic (exact) mass is 490 g/mol. The zero-order chi connectivity index (χ0) is 24.9. The largest absolute Gasteiger partial charge is 0.465 e. The number of benzene rings is 2. The van der Waals surface area contributed by atoms with Crippen LogP contribution in [-0.4, -0.2) is 47.6 Å². The summed E-state index contributed by atoms with van der Waals surface area (Å²) < 4.78 is 6.73. The third-order valence-electron chi connectivity index (χ3n) is 5.43. The van der Waals surface area contributed by atoms with Gasteiger partial charge in [-0.25, -0.2) is 4.52 Å². The third kappa shape index (κ3) is 5.17. The van der Waals surface area contributed by atoms with Crippen molar-refractivity contribution >= 4 is 40.6 Å². The van der Waals surface area contributed by atoms with Crippen molar-refractivity contribution in [2.45, 2.75) is 6.92 Å². The zero-order valence-electron chi connectivity index (χ0n) is 19.2. The highest BCUT2D eigenvalue weighted by molar-refractivity contribution is 6.30. The van der Waals surface area contributed by atoms with E-state index in [4.69, 9.17) is 16.3 Å². The topological polar surface area (TPSA) is 93.0 Å². The fraction of sp³-hybridized carbons (Fsp3) is 0.154. The Hall–Kier alpha value is -4.17. The van der Waals surface area contributed by atoms with Gasteiger partial charge < -0.3 is 10.1 Å². The molecule has 8 nitrogen and oxygen atoms in total. The van der Waals surface area contributed by atoms with Crippen LogP contribution in [0, 0.1) is 0 Å². The van der Waals surface area contributed by atoms with Gasteiger partial charge in [-0.3, -0.25) is 19.3 Å².